The van der Waals surface area contributed by atoms with E-state index in [-0.39, 0.29) is 27.2 Å². The summed E-state index contributed by atoms with van der Waals surface area (Å²) in [6.45, 7) is 14.8. The van der Waals surface area contributed by atoms with Crippen LogP contribution in [0.4, 0.5) is 0 Å². The van der Waals surface area contributed by atoms with Gasteiger partial charge in [-0.05, 0) is 53.4 Å². The Labute approximate surface area is 202 Å². The van der Waals surface area contributed by atoms with Gasteiger partial charge in [-0.2, -0.15) is 0 Å². The number of hydrogen-bond acceptors (Lipinski definition) is 3. The van der Waals surface area contributed by atoms with Gasteiger partial charge in [-0.25, -0.2) is 0 Å². The van der Waals surface area contributed by atoms with Crippen LogP contribution in [0.15, 0.2) is 24.3 Å². The maximum absolute atomic E-state index is 12.4. The fraction of sp³-hybridized carbons (Fsp3) is 0.500. The highest BCUT2D eigenvalue weighted by Gasteiger charge is 2.31. The highest BCUT2D eigenvalue weighted by atomic mass is 35.5. The molecule has 0 spiro atoms. The van der Waals surface area contributed by atoms with Crippen LogP contribution in [0.2, 0.25) is 10.0 Å². The lowest BCUT2D eigenvalue weighted by molar-refractivity contribution is -0.125. The first-order valence-electron chi connectivity index (χ1n) is 11.1. The van der Waals surface area contributed by atoms with Crippen molar-refractivity contribution in [1.82, 2.24) is 0 Å². The molecule has 0 aromatic heterocycles. The Morgan fingerprint density at radius 1 is 1.06 bits per heavy atom. The molecule has 0 saturated heterocycles. The summed E-state index contributed by atoms with van der Waals surface area (Å²) < 4.78 is 6.20. The van der Waals surface area contributed by atoms with Crippen LogP contribution >= 0.6 is 23.2 Å². The fourth-order valence-electron chi connectivity index (χ4n) is 3.57. The van der Waals surface area contributed by atoms with Gasteiger partial charge in [-0.1, -0.05) is 83.8 Å². The SMILES string of the molecule is CCc1c(Cl)cc(C(Oc2ccc(C(C)(C)CC)cc2C(C)(C)CC)C(N)=O)c(O)c1Cl. The van der Waals surface area contributed by atoms with Crippen molar-refractivity contribution in [2.45, 2.75) is 84.7 Å². The number of carbonyl (C=O) groups is 1. The lowest BCUT2D eigenvalue weighted by atomic mass is 9.76. The summed E-state index contributed by atoms with van der Waals surface area (Å²) in [4.78, 5) is 12.4. The first-order chi connectivity index (χ1) is 14.8. The minimum Gasteiger partial charge on any atom is -0.506 e. The number of carbonyl (C=O) groups excluding carboxylic acids is 1. The van der Waals surface area contributed by atoms with Crippen molar-refractivity contribution in [2.24, 2.45) is 5.73 Å². The second-order valence-corrected chi connectivity index (χ2v) is 10.3. The predicted molar refractivity (Wildman–Crippen MR) is 133 cm³/mol. The van der Waals surface area contributed by atoms with Gasteiger partial charge < -0.3 is 15.6 Å². The van der Waals surface area contributed by atoms with Crippen molar-refractivity contribution in [1.29, 1.82) is 0 Å². The number of hydrogen-bond donors (Lipinski definition) is 2. The molecule has 1 atom stereocenters. The normalized spacial score (nSPS) is 13.2. The summed E-state index contributed by atoms with van der Waals surface area (Å²) in [7, 11) is 0. The van der Waals surface area contributed by atoms with E-state index in [0.717, 1.165) is 18.4 Å². The number of aromatic hydroxyl groups is 1. The van der Waals surface area contributed by atoms with Crippen molar-refractivity contribution >= 4 is 29.1 Å². The minimum atomic E-state index is -1.24. The summed E-state index contributed by atoms with van der Waals surface area (Å²) in [5.41, 5.74) is 8.43. The molecule has 0 bridgehead atoms. The molecule has 2 aromatic carbocycles. The molecular formula is C26H35Cl2NO3. The zero-order valence-corrected chi connectivity index (χ0v) is 21.6. The van der Waals surface area contributed by atoms with Gasteiger partial charge in [0.05, 0.1) is 5.02 Å². The summed E-state index contributed by atoms with van der Waals surface area (Å²) in [5.74, 6) is -0.436. The Kier molecular flexibility index (Phi) is 8.17. The molecule has 2 aromatic rings. The highest BCUT2D eigenvalue weighted by Crippen LogP contribution is 2.43. The maximum Gasteiger partial charge on any atom is 0.263 e. The molecule has 1 amide bonds. The largest absolute Gasteiger partial charge is 0.506 e. The predicted octanol–water partition coefficient (Wildman–Crippen LogP) is 7.24. The Hall–Kier alpha value is -1.91. The van der Waals surface area contributed by atoms with Gasteiger partial charge in [0.15, 0.2) is 0 Å². The van der Waals surface area contributed by atoms with Crippen LogP contribution in [0.1, 0.15) is 89.7 Å². The monoisotopic (exact) mass is 479 g/mol. The summed E-state index contributed by atoms with van der Waals surface area (Å²) >= 11 is 12.7. The molecule has 2 rings (SSSR count). The molecule has 0 aliphatic carbocycles. The molecule has 0 saturated carbocycles. The summed E-state index contributed by atoms with van der Waals surface area (Å²) in [5, 5.41) is 11.2. The van der Waals surface area contributed by atoms with E-state index in [1.54, 1.807) is 0 Å². The Bertz CT molecular complexity index is 999. The van der Waals surface area contributed by atoms with Crippen molar-refractivity contribution < 1.29 is 14.6 Å². The standard InChI is InChI=1S/C26H35Cl2NO3/c1-8-16-19(27)14-17(22(30)21(16)28)23(24(29)31)32-20-12-11-15(25(4,5)9-2)13-18(20)26(6,7)10-3/h11-14,23,30H,8-10H2,1-7H3,(H2,29,31). The van der Waals surface area contributed by atoms with Gasteiger partial charge in [0.2, 0.25) is 6.10 Å². The van der Waals surface area contributed by atoms with Crippen molar-refractivity contribution in [3.8, 4) is 11.5 Å². The molecule has 0 aliphatic heterocycles. The fourth-order valence-corrected chi connectivity index (χ4v) is 4.31. The Balaban J connectivity index is 2.66. The first kappa shape index (κ1) is 26.3. The van der Waals surface area contributed by atoms with Crippen LogP contribution in [0.25, 0.3) is 0 Å². The molecule has 0 radical (unpaired) electrons. The molecule has 176 valence electrons. The van der Waals surface area contributed by atoms with Gasteiger partial charge in [0, 0.05) is 16.1 Å². The average Bonchev–Trinajstić information content (AvgIpc) is 2.74. The lowest BCUT2D eigenvalue weighted by Gasteiger charge is -2.31. The lowest BCUT2D eigenvalue weighted by Crippen LogP contribution is -2.28. The third kappa shape index (κ3) is 5.18. The van der Waals surface area contributed by atoms with Crippen molar-refractivity contribution in [2.75, 3.05) is 0 Å². The van der Waals surface area contributed by atoms with E-state index in [1.165, 1.54) is 11.6 Å². The van der Waals surface area contributed by atoms with Gasteiger partial charge in [0.1, 0.15) is 11.5 Å². The van der Waals surface area contributed by atoms with Crippen LogP contribution in [0, 0.1) is 0 Å². The second-order valence-electron chi connectivity index (χ2n) is 9.53. The molecule has 0 heterocycles. The molecule has 3 N–H and O–H groups in total. The van der Waals surface area contributed by atoms with Gasteiger partial charge in [0.25, 0.3) is 5.91 Å². The average molecular weight is 480 g/mol. The molecular weight excluding hydrogens is 445 g/mol. The van der Waals surface area contributed by atoms with Gasteiger partial charge in [-0.3, -0.25) is 4.79 Å². The zero-order chi connectivity index (χ0) is 24.4. The number of primary amides is 1. The number of nitrogens with two attached hydrogens (primary N) is 1. The van der Waals surface area contributed by atoms with Crippen LogP contribution < -0.4 is 10.5 Å². The van der Waals surface area contributed by atoms with Crippen LogP contribution in [-0.2, 0) is 22.0 Å². The van der Waals surface area contributed by atoms with E-state index in [0.29, 0.717) is 22.8 Å². The van der Waals surface area contributed by atoms with E-state index in [4.69, 9.17) is 33.7 Å². The Morgan fingerprint density at radius 2 is 1.66 bits per heavy atom. The van der Waals surface area contributed by atoms with E-state index in [2.05, 4.69) is 47.6 Å². The van der Waals surface area contributed by atoms with E-state index in [9.17, 15) is 9.90 Å². The molecule has 6 heteroatoms. The maximum atomic E-state index is 12.4. The van der Waals surface area contributed by atoms with E-state index < -0.39 is 12.0 Å². The number of phenols is 1. The van der Waals surface area contributed by atoms with E-state index >= 15 is 0 Å². The molecule has 4 nitrogen and oxygen atoms in total. The van der Waals surface area contributed by atoms with E-state index in [1.807, 2.05) is 19.1 Å². The number of phenolic OH excluding ortho intramolecular Hbond substituents is 1. The van der Waals surface area contributed by atoms with Crippen LogP contribution in [0.5, 0.6) is 11.5 Å². The quantitative estimate of drug-likeness (QED) is 0.397. The highest BCUT2D eigenvalue weighted by molar-refractivity contribution is 6.37. The molecule has 0 fully saturated rings. The smallest absolute Gasteiger partial charge is 0.263 e. The topological polar surface area (TPSA) is 72.5 Å². The van der Waals surface area contributed by atoms with Gasteiger partial charge in [-0.15, -0.1) is 0 Å². The number of halogens is 2. The second kappa shape index (κ2) is 9.93. The molecule has 1 unspecified atom stereocenters. The van der Waals surface area contributed by atoms with Crippen LogP contribution in [-0.4, -0.2) is 11.0 Å². The summed E-state index contributed by atoms with van der Waals surface area (Å²) in [6, 6.07) is 7.57. The Morgan fingerprint density at radius 3 is 2.16 bits per heavy atom. The third-order valence-corrected chi connectivity index (χ3v) is 7.46. The minimum absolute atomic E-state index is 0.00447. The van der Waals surface area contributed by atoms with Crippen molar-refractivity contribution in [3.63, 3.8) is 0 Å². The molecule has 32 heavy (non-hydrogen) atoms. The van der Waals surface area contributed by atoms with Crippen LogP contribution in [0.3, 0.4) is 0 Å². The first-order valence-corrected chi connectivity index (χ1v) is 11.9. The number of amides is 1. The summed E-state index contributed by atoms with van der Waals surface area (Å²) in [6.07, 6.45) is 1.15. The zero-order valence-electron chi connectivity index (χ0n) is 20.1. The molecule has 0 aliphatic rings. The number of ether oxygens (including phenoxy) is 1. The number of rotatable bonds is 9. The third-order valence-electron chi connectivity index (χ3n) is 6.71. The van der Waals surface area contributed by atoms with Crippen molar-refractivity contribution in [3.05, 3.63) is 56.6 Å². The number of benzene rings is 2. The van der Waals surface area contributed by atoms with Gasteiger partial charge >= 0.3 is 0 Å².